The average molecular weight is 453 g/mol. The molecule has 1 amide bonds. The minimum absolute atomic E-state index is 0.00581. The SMILES string of the molecule is Cc1ccc(N(Cc2cc3cccc(C)c3[nH]c2=O)C(=O)c2ccc(C(C)(C)C)cc2)cc1C. The number of nitrogens with one attached hydrogen (secondary N) is 1. The van der Waals surface area contributed by atoms with Crippen LogP contribution >= 0.6 is 0 Å². The number of aromatic amines is 1. The number of aryl methyl sites for hydroxylation is 3. The first kappa shape index (κ1) is 23.5. The number of aromatic nitrogens is 1. The van der Waals surface area contributed by atoms with E-state index in [0.717, 1.165) is 33.3 Å². The molecular weight excluding hydrogens is 420 g/mol. The second-order valence-corrected chi connectivity index (χ2v) is 10.2. The van der Waals surface area contributed by atoms with Crippen LogP contribution in [0, 0.1) is 20.8 Å². The molecule has 174 valence electrons. The third-order valence-electron chi connectivity index (χ3n) is 6.54. The lowest BCUT2D eigenvalue weighted by Gasteiger charge is -2.25. The number of amides is 1. The van der Waals surface area contributed by atoms with Crippen LogP contribution in [0.2, 0.25) is 0 Å². The lowest BCUT2D eigenvalue weighted by molar-refractivity contribution is 0.0985. The molecule has 0 bridgehead atoms. The summed E-state index contributed by atoms with van der Waals surface area (Å²) in [4.78, 5) is 31.5. The number of hydrogen-bond acceptors (Lipinski definition) is 2. The van der Waals surface area contributed by atoms with Crippen LogP contribution in [0.5, 0.6) is 0 Å². The fraction of sp³-hybridized carbons (Fsp3) is 0.267. The predicted molar refractivity (Wildman–Crippen MR) is 141 cm³/mol. The van der Waals surface area contributed by atoms with Gasteiger partial charge in [0.2, 0.25) is 0 Å². The maximum atomic E-state index is 13.7. The van der Waals surface area contributed by atoms with E-state index >= 15 is 0 Å². The predicted octanol–water partition coefficient (Wildman–Crippen LogP) is 6.60. The monoisotopic (exact) mass is 452 g/mol. The van der Waals surface area contributed by atoms with Crippen LogP contribution in [0.4, 0.5) is 5.69 Å². The van der Waals surface area contributed by atoms with Gasteiger partial charge in [-0.2, -0.15) is 0 Å². The van der Waals surface area contributed by atoms with Crippen LogP contribution in [0.15, 0.2) is 71.5 Å². The van der Waals surface area contributed by atoms with Gasteiger partial charge in [-0.1, -0.05) is 57.2 Å². The van der Waals surface area contributed by atoms with Gasteiger partial charge in [0, 0.05) is 16.8 Å². The Morgan fingerprint density at radius 2 is 1.56 bits per heavy atom. The van der Waals surface area contributed by atoms with Gasteiger partial charge in [-0.15, -0.1) is 0 Å². The molecule has 0 aliphatic heterocycles. The Kier molecular flexibility index (Phi) is 6.18. The summed E-state index contributed by atoms with van der Waals surface area (Å²) in [6.07, 6.45) is 0. The highest BCUT2D eigenvalue weighted by Crippen LogP contribution is 2.26. The number of hydrogen-bond donors (Lipinski definition) is 1. The summed E-state index contributed by atoms with van der Waals surface area (Å²) in [5.74, 6) is -0.132. The molecule has 0 atom stereocenters. The zero-order chi connectivity index (χ0) is 24.6. The summed E-state index contributed by atoms with van der Waals surface area (Å²) in [6, 6.07) is 21.6. The Labute approximate surface area is 201 Å². The van der Waals surface area contributed by atoms with Gasteiger partial charge in [-0.05, 0) is 84.2 Å². The quantitative estimate of drug-likeness (QED) is 0.379. The highest BCUT2D eigenvalue weighted by Gasteiger charge is 2.22. The third-order valence-corrected chi connectivity index (χ3v) is 6.54. The van der Waals surface area contributed by atoms with Crippen molar-refractivity contribution >= 4 is 22.5 Å². The fourth-order valence-corrected chi connectivity index (χ4v) is 4.16. The van der Waals surface area contributed by atoms with Gasteiger partial charge in [0.05, 0.1) is 12.1 Å². The number of pyridine rings is 1. The minimum Gasteiger partial charge on any atom is -0.321 e. The van der Waals surface area contributed by atoms with Crippen LogP contribution in [-0.2, 0) is 12.0 Å². The van der Waals surface area contributed by atoms with Crippen molar-refractivity contribution in [3.63, 3.8) is 0 Å². The van der Waals surface area contributed by atoms with Crippen LogP contribution in [0.25, 0.3) is 10.9 Å². The second kappa shape index (κ2) is 8.94. The Bertz CT molecular complexity index is 1420. The molecular formula is C30H32N2O2. The summed E-state index contributed by atoms with van der Waals surface area (Å²) in [5, 5.41) is 0.955. The third kappa shape index (κ3) is 4.67. The lowest BCUT2D eigenvalue weighted by Crippen LogP contribution is -2.33. The molecule has 0 aliphatic carbocycles. The topological polar surface area (TPSA) is 53.2 Å². The van der Waals surface area contributed by atoms with E-state index in [4.69, 9.17) is 0 Å². The molecule has 0 unspecified atom stereocenters. The highest BCUT2D eigenvalue weighted by molar-refractivity contribution is 6.06. The molecule has 4 nitrogen and oxygen atoms in total. The first-order valence-electron chi connectivity index (χ1n) is 11.7. The summed E-state index contributed by atoms with van der Waals surface area (Å²) in [6.45, 7) is 12.7. The fourth-order valence-electron chi connectivity index (χ4n) is 4.16. The molecule has 1 aromatic heterocycles. The Hall–Kier alpha value is -3.66. The number of para-hydroxylation sites is 1. The number of rotatable bonds is 4. The highest BCUT2D eigenvalue weighted by atomic mass is 16.2. The number of benzene rings is 3. The van der Waals surface area contributed by atoms with E-state index in [9.17, 15) is 9.59 Å². The van der Waals surface area contributed by atoms with Gasteiger partial charge in [0.15, 0.2) is 0 Å². The van der Waals surface area contributed by atoms with Crippen molar-refractivity contribution in [2.75, 3.05) is 4.90 Å². The molecule has 3 aromatic carbocycles. The van der Waals surface area contributed by atoms with Crippen molar-refractivity contribution < 1.29 is 4.79 Å². The van der Waals surface area contributed by atoms with Crippen molar-refractivity contribution in [1.29, 1.82) is 0 Å². The van der Waals surface area contributed by atoms with Crippen LogP contribution in [-0.4, -0.2) is 10.9 Å². The Morgan fingerprint density at radius 3 is 2.21 bits per heavy atom. The van der Waals surface area contributed by atoms with E-state index in [2.05, 4.69) is 25.8 Å². The van der Waals surface area contributed by atoms with E-state index in [-0.39, 0.29) is 23.4 Å². The largest absolute Gasteiger partial charge is 0.321 e. The summed E-state index contributed by atoms with van der Waals surface area (Å²) >= 11 is 0. The molecule has 0 aliphatic rings. The molecule has 1 heterocycles. The average Bonchev–Trinajstić information content (AvgIpc) is 2.79. The maximum Gasteiger partial charge on any atom is 0.258 e. The Morgan fingerprint density at radius 1 is 0.853 bits per heavy atom. The number of H-pyrrole nitrogens is 1. The van der Waals surface area contributed by atoms with Crippen molar-refractivity contribution in [1.82, 2.24) is 4.98 Å². The molecule has 34 heavy (non-hydrogen) atoms. The number of carbonyl (C=O) groups excluding carboxylic acids is 1. The summed E-state index contributed by atoms with van der Waals surface area (Å²) in [5.41, 5.74) is 7.03. The van der Waals surface area contributed by atoms with E-state index in [1.165, 1.54) is 5.56 Å². The first-order chi connectivity index (χ1) is 16.0. The van der Waals surface area contributed by atoms with Gasteiger partial charge >= 0.3 is 0 Å². The van der Waals surface area contributed by atoms with Gasteiger partial charge < -0.3 is 9.88 Å². The van der Waals surface area contributed by atoms with Gasteiger partial charge in [0.1, 0.15) is 0 Å². The molecule has 0 saturated heterocycles. The number of anilines is 1. The van der Waals surface area contributed by atoms with Crippen molar-refractivity contribution in [3.8, 4) is 0 Å². The molecule has 4 rings (SSSR count). The Balaban J connectivity index is 1.78. The smallest absolute Gasteiger partial charge is 0.258 e. The molecule has 0 spiro atoms. The normalized spacial score (nSPS) is 11.6. The molecule has 1 N–H and O–H groups in total. The van der Waals surface area contributed by atoms with Crippen molar-refractivity contribution in [2.45, 2.75) is 53.5 Å². The molecule has 0 fully saturated rings. The molecule has 4 heteroatoms. The molecule has 0 saturated carbocycles. The van der Waals surface area contributed by atoms with E-state index in [0.29, 0.717) is 11.1 Å². The molecule has 4 aromatic rings. The zero-order valence-corrected chi connectivity index (χ0v) is 20.8. The number of nitrogens with zero attached hydrogens (tertiary/aromatic N) is 1. The zero-order valence-electron chi connectivity index (χ0n) is 20.8. The van der Waals surface area contributed by atoms with Crippen molar-refractivity contribution in [3.05, 3.63) is 110 Å². The van der Waals surface area contributed by atoms with Gasteiger partial charge in [-0.25, -0.2) is 0 Å². The summed E-state index contributed by atoms with van der Waals surface area (Å²) < 4.78 is 0. The summed E-state index contributed by atoms with van der Waals surface area (Å²) in [7, 11) is 0. The number of fused-ring (bicyclic) bond motifs is 1. The van der Waals surface area contributed by atoms with Gasteiger partial charge in [0.25, 0.3) is 11.5 Å². The maximum absolute atomic E-state index is 13.7. The van der Waals surface area contributed by atoms with E-state index < -0.39 is 0 Å². The minimum atomic E-state index is -0.175. The van der Waals surface area contributed by atoms with E-state index in [1.54, 1.807) is 4.90 Å². The number of carbonyl (C=O) groups is 1. The standard InChI is InChI=1S/C30H32N2O2/c1-19-10-15-26(16-21(19)3)32(29(34)22-11-13-25(14-12-22)30(4,5)6)18-24-17-23-9-7-8-20(2)27(23)31-28(24)33/h7-17H,18H2,1-6H3,(H,31,33). The first-order valence-corrected chi connectivity index (χ1v) is 11.7. The van der Waals surface area contributed by atoms with Crippen LogP contribution < -0.4 is 10.5 Å². The van der Waals surface area contributed by atoms with Gasteiger partial charge in [-0.3, -0.25) is 9.59 Å². The van der Waals surface area contributed by atoms with Crippen LogP contribution in [0.3, 0.4) is 0 Å². The lowest BCUT2D eigenvalue weighted by atomic mass is 9.86. The van der Waals surface area contributed by atoms with E-state index in [1.807, 2.05) is 87.5 Å². The second-order valence-electron chi connectivity index (χ2n) is 10.2. The van der Waals surface area contributed by atoms with Crippen molar-refractivity contribution in [2.24, 2.45) is 0 Å². The van der Waals surface area contributed by atoms with Crippen LogP contribution in [0.1, 0.15) is 58.9 Å². The molecule has 0 radical (unpaired) electrons.